The van der Waals surface area contributed by atoms with Gasteiger partial charge in [-0.1, -0.05) is 6.92 Å². The van der Waals surface area contributed by atoms with Gasteiger partial charge in [-0.15, -0.1) is 0 Å². The fourth-order valence-electron chi connectivity index (χ4n) is 1.92. The van der Waals surface area contributed by atoms with E-state index in [4.69, 9.17) is 22.8 Å². The van der Waals surface area contributed by atoms with Crippen LogP contribution in [0.15, 0.2) is 0 Å². The summed E-state index contributed by atoms with van der Waals surface area (Å²) in [5.41, 5.74) is 0. The predicted octanol–water partition coefficient (Wildman–Crippen LogP) is 0.0902. The van der Waals surface area contributed by atoms with Crippen molar-refractivity contribution in [2.45, 2.75) is 12.8 Å². The average molecular weight is 243 g/mol. The monoisotopic (exact) mass is 243 g/mol. The third-order valence-electron chi connectivity index (χ3n) is 2.81. The molecule has 90 valence electrons. The van der Waals surface area contributed by atoms with Crippen LogP contribution in [0.1, 0.15) is 18.7 Å². The van der Waals surface area contributed by atoms with E-state index in [1.807, 2.05) is 0 Å². The third kappa shape index (κ3) is 2.42. The Bertz CT molecular complexity index is 395. The average Bonchev–Trinajstić information content (AvgIpc) is 2.61. The van der Waals surface area contributed by atoms with E-state index in [2.05, 4.69) is 22.0 Å². The highest BCUT2D eigenvalue weighted by molar-refractivity contribution is 7.71. The van der Waals surface area contributed by atoms with Crippen LogP contribution in [0.25, 0.3) is 0 Å². The fraction of sp³-hybridized carbons (Fsp3) is 0.778. The summed E-state index contributed by atoms with van der Waals surface area (Å²) in [7, 11) is 0. The van der Waals surface area contributed by atoms with E-state index in [0.29, 0.717) is 4.77 Å². The van der Waals surface area contributed by atoms with E-state index in [-0.39, 0.29) is 5.92 Å². The lowest BCUT2D eigenvalue weighted by Crippen LogP contribution is -2.39. The van der Waals surface area contributed by atoms with Gasteiger partial charge in [-0.25, -0.2) is 4.68 Å². The maximum atomic E-state index is 5.78. The maximum Gasteiger partial charge on any atom is 0.214 e. The number of rotatable bonds is 3. The SMILES string of the molecule is CC(CN1CCOCC1)c1n[nH]c(=S)n1N. The van der Waals surface area contributed by atoms with Crippen molar-refractivity contribution >= 4 is 12.2 Å². The highest BCUT2D eigenvalue weighted by Gasteiger charge is 2.18. The molecule has 1 aromatic rings. The Hall–Kier alpha value is -0.920. The van der Waals surface area contributed by atoms with Crippen molar-refractivity contribution in [1.82, 2.24) is 19.8 Å². The minimum atomic E-state index is 0.260. The quantitative estimate of drug-likeness (QED) is 0.581. The summed E-state index contributed by atoms with van der Waals surface area (Å²) in [6.07, 6.45) is 0. The van der Waals surface area contributed by atoms with Gasteiger partial charge in [0.05, 0.1) is 13.2 Å². The number of hydrogen-bond donors (Lipinski definition) is 2. The van der Waals surface area contributed by atoms with Crippen LogP contribution in [0, 0.1) is 4.77 Å². The third-order valence-corrected chi connectivity index (χ3v) is 3.10. The standard InChI is InChI=1S/C9H17N5OS/c1-7(6-13-2-4-15-5-3-13)8-11-12-9(16)14(8)10/h7H,2-6,10H2,1H3,(H,12,16). The molecule has 2 heterocycles. The van der Waals surface area contributed by atoms with Gasteiger partial charge in [0.15, 0.2) is 5.82 Å². The van der Waals surface area contributed by atoms with Gasteiger partial charge in [0.2, 0.25) is 4.77 Å². The van der Waals surface area contributed by atoms with Gasteiger partial charge < -0.3 is 10.6 Å². The molecule has 0 amide bonds. The molecule has 0 spiro atoms. The molecular weight excluding hydrogens is 226 g/mol. The normalized spacial score (nSPS) is 19.8. The van der Waals surface area contributed by atoms with Crippen molar-refractivity contribution in [3.05, 3.63) is 10.6 Å². The Morgan fingerprint density at radius 1 is 1.56 bits per heavy atom. The Kier molecular flexibility index (Phi) is 3.57. The number of nitrogens with one attached hydrogen (secondary N) is 1. The molecule has 1 saturated heterocycles. The minimum Gasteiger partial charge on any atom is -0.379 e. The smallest absolute Gasteiger partial charge is 0.214 e. The largest absolute Gasteiger partial charge is 0.379 e. The maximum absolute atomic E-state index is 5.78. The first kappa shape index (κ1) is 11.6. The van der Waals surface area contributed by atoms with E-state index in [9.17, 15) is 0 Å². The van der Waals surface area contributed by atoms with Gasteiger partial charge in [0, 0.05) is 25.6 Å². The van der Waals surface area contributed by atoms with E-state index in [1.165, 1.54) is 4.68 Å². The highest BCUT2D eigenvalue weighted by Crippen LogP contribution is 2.13. The molecule has 16 heavy (non-hydrogen) atoms. The first-order valence-corrected chi connectivity index (χ1v) is 5.82. The molecule has 1 fully saturated rings. The summed E-state index contributed by atoms with van der Waals surface area (Å²) in [5, 5.41) is 6.85. The second-order valence-corrected chi connectivity index (χ2v) is 4.46. The van der Waals surface area contributed by atoms with Crippen molar-refractivity contribution in [2.24, 2.45) is 0 Å². The van der Waals surface area contributed by atoms with Crippen molar-refractivity contribution in [1.29, 1.82) is 0 Å². The molecule has 1 unspecified atom stereocenters. The minimum absolute atomic E-state index is 0.260. The molecule has 6 nitrogen and oxygen atoms in total. The second kappa shape index (κ2) is 4.94. The van der Waals surface area contributed by atoms with E-state index in [0.717, 1.165) is 38.7 Å². The van der Waals surface area contributed by atoms with Gasteiger partial charge in [0.1, 0.15) is 0 Å². The molecule has 7 heteroatoms. The fourth-order valence-corrected chi connectivity index (χ4v) is 2.06. The van der Waals surface area contributed by atoms with Crippen LogP contribution in [-0.2, 0) is 4.74 Å². The number of aromatic nitrogens is 3. The number of nitrogens with two attached hydrogens (primary N) is 1. The summed E-state index contributed by atoms with van der Waals surface area (Å²) in [4.78, 5) is 2.35. The van der Waals surface area contributed by atoms with Crippen molar-refractivity contribution in [3.63, 3.8) is 0 Å². The summed E-state index contributed by atoms with van der Waals surface area (Å²) in [5.74, 6) is 6.85. The molecule has 1 aliphatic heterocycles. The number of nitrogens with zero attached hydrogens (tertiary/aromatic N) is 3. The van der Waals surface area contributed by atoms with Gasteiger partial charge in [-0.2, -0.15) is 5.10 Å². The lowest BCUT2D eigenvalue weighted by atomic mass is 10.1. The molecule has 0 aliphatic carbocycles. The summed E-state index contributed by atoms with van der Waals surface area (Å²) in [6, 6.07) is 0. The van der Waals surface area contributed by atoms with Gasteiger partial charge in [-0.3, -0.25) is 10.00 Å². The van der Waals surface area contributed by atoms with Gasteiger partial charge in [0.25, 0.3) is 0 Å². The Labute approximate surface area is 99.3 Å². The summed E-state index contributed by atoms with van der Waals surface area (Å²) in [6.45, 7) is 6.59. The highest BCUT2D eigenvalue weighted by atomic mass is 32.1. The van der Waals surface area contributed by atoms with E-state index >= 15 is 0 Å². The molecule has 0 radical (unpaired) electrons. The molecule has 1 atom stereocenters. The Morgan fingerprint density at radius 2 is 2.25 bits per heavy atom. The van der Waals surface area contributed by atoms with Crippen LogP contribution in [0.5, 0.6) is 0 Å². The second-order valence-electron chi connectivity index (χ2n) is 4.07. The number of hydrogen-bond acceptors (Lipinski definition) is 5. The molecule has 0 saturated carbocycles. The Morgan fingerprint density at radius 3 is 2.81 bits per heavy atom. The number of morpholine rings is 1. The number of H-pyrrole nitrogens is 1. The van der Waals surface area contributed by atoms with Crippen molar-refractivity contribution in [2.75, 3.05) is 38.7 Å². The summed E-state index contributed by atoms with van der Waals surface area (Å²) >= 11 is 4.98. The zero-order valence-corrected chi connectivity index (χ0v) is 10.2. The van der Waals surface area contributed by atoms with E-state index in [1.54, 1.807) is 0 Å². The van der Waals surface area contributed by atoms with Crippen LogP contribution >= 0.6 is 12.2 Å². The number of ether oxygens (including phenoxy) is 1. The first-order valence-electron chi connectivity index (χ1n) is 5.41. The van der Waals surface area contributed by atoms with Gasteiger partial charge >= 0.3 is 0 Å². The first-order chi connectivity index (χ1) is 7.68. The van der Waals surface area contributed by atoms with Crippen LogP contribution in [-0.4, -0.2) is 52.6 Å². The van der Waals surface area contributed by atoms with Gasteiger partial charge in [-0.05, 0) is 12.2 Å². The zero-order chi connectivity index (χ0) is 11.5. The van der Waals surface area contributed by atoms with Crippen LogP contribution in [0.2, 0.25) is 0 Å². The molecule has 1 aromatic heterocycles. The van der Waals surface area contributed by atoms with Crippen LogP contribution < -0.4 is 5.84 Å². The molecule has 1 aliphatic rings. The lowest BCUT2D eigenvalue weighted by Gasteiger charge is -2.28. The molecule has 2 rings (SSSR count). The van der Waals surface area contributed by atoms with Crippen LogP contribution in [0.4, 0.5) is 0 Å². The van der Waals surface area contributed by atoms with E-state index < -0.39 is 0 Å². The zero-order valence-electron chi connectivity index (χ0n) is 9.35. The topological polar surface area (TPSA) is 72.1 Å². The number of nitrogen functional groups attached to an aromatic ring is 1. The Balaban J connectivity index is 1.99. The molecule has 3 N–H and O–H groups in total. The molecule has 0 bridgehead atoms. The molecule has 0 aromatic carbocycles. The van der Waals surface area contributed by atoms with Crippen molar-refractivity contribution < 1.29 is 4.74 Å². The van der Waals surface area contributed by atoms with Crippen molar-refractivity contribution in [3.8, 4) is 0 Å². The number of aromatic amines is 1. The lowest BCUT2D eigenvalue weighted by molar-refractivity contribution is 0.0353. The van der Waals surface area contributed by atoms with Crippen LogP contribution in [0.3, 0.4) is 0 Å². The summed E-state index contributed by atoms with van der Waals surface area (Å²) < 4.78 is 7.21. The predicted molar refractivity (Wildman–Crippen MR) is 63.2 cm³/mol. The molecular formula is C9H17N5OS.